The number of amides is 1. The van der Waals surface area contributed by atoms with Crippen LogP contribution in [0.1, 0.15) is 28.8 Å². The number of nitrogens with zero attached hydrogens (tertiary/aromatic N) is 3. The molecule has 2 aliphatic heterocycles. The van der Waals surface area contributed by atoms with E-state index in [0.29, 0.717) is 25.3 Å². The molecule has 0 atom stereocenters. The van der Waals surface area contributed by atoms with Crippen LogP contribution >= 0.6 is 0 Å². The van der Waals surface area contributed by atoms with E-state index in [9.17, 15) is 4.79 Å². The zero-order valence-corrected chi connectivity index (χ0v) is 16.4. The molecule has 0 spiro atoms. The van der Waals surface area contributed by atoms with Crippen molar-refractivity contribution in [3.8, 4) is 17.2 Å². The van der Waals surface area contributed by atoms with E-state index in [4.69, 9.17) is 14.2 Å². The van der Waals surface area contributed by atoms with Crippen molar-refractivity contribution in [2.45, 2.75) is 18.3 Å². The van der Waals surface area contributed by atoms with Crippen molar-refractivity contribution in [2.75, 3.05) is 26.6 Å². The van der Waals surface area contributed by atoms with Crippen LogP contribution in [0, 0.1) is 0 Å². The summed E-state index contributed by atoms with van der Waals surface area (Å²) in [5.41, 5.74) is 2.39. The van der Waals surface area contributed by atoms with Crippen LogP contribution in [-0.4, -0.2) is 47.2 Å². The summed E-state index contributed by atoms with van der Waals surface area (Å²) >= 11 is 0. The van der Waals surface area contributed by atoms with Crippen molar-refractivity contribution >= 4 is 5.91 Å². The van der Waals surface area contributed by atoms with Crippen LogP contribution in [0.4, 0.5) is 0 Å². The van der Waals surface area contributed by atoms with E-state index in [1.807, 2.05) is 24.3 Å². The van der Waals surface area contributed by atoms with Crippen LogP contribution in [0.2, 0.25) is 0 Å². The Kier molecular flexibility index (Phi) is 4.84. The van der Waals surface area contributed by atoms with Crippen LogP contribution in [0.15, 0.2) is 55.1 Å². The highest BCUT2D eigenvalue weighted by molar-refractivity contribution is 5.94. The number of carbonyl (C=O) groups excluding carboxylic acids is 1. The Morgan fingerprint density at radius 2 is 1.87 bits per heavy atom. The summed E-state index contributed by atoms with van der Waals surface area (Å²) in [5, 5.41) is 7.23. The number of fused-ring (bicyclic) bond motifs is 1. The van der Waals surface area contributed by atoms with E-state index in [1.54, 1.807) is 23.1 Å². The van der Waals surface area contributed by atoms with Gasteiger partial charge in [0.25, 0.3) is 5.91 Å². The predicted molar refractivity (Wildman–Crippen MR) is 108 cm³/mol. The Balaban J connectivity index is 1.32. The second-order valence-electron chi connectivity index (χ2n) is 7.53. The van der Waals surface area contributed by atoms with Crippen molar-refractivity contribution in [2.24, 2.45) is 0 Å². The minimum atomic E-state index is -0.199. The summed E-state index contributed by atoms with van der Waals surface area (Å²) in [6.45, 7) is 2.10. The van der Waals surface area contributed by atoms with Gasteiger partial charge in [-0.2, -0.15) is 5.10 Å². The first kappa shape index (κ1) is 18.6. The molecule has 8 nitrogen and oxygen atoms in total. The van der Waals surface area contributed by atoms with Gasteiger partial charge in [-0.3, -0.25) is 4.79 Å². The van der Waals surface area contributed by atoms with E-state index in [2.05, 4.69) is 21.5 Å². The normalized spacial score (nSPS) is 16.9. The average Bonchev–Trinajstić information content (AvgIpc) is 3.50. The molecule has 3 heterocycles. The van der Waals surface area contributed by atoms with E-state index >= 15 is 0 Å². The minimum absolute atomic E-state index is 0.105. The SMILES string of the molecule is O=C(NCC1(c2ccc3c(c2)OCO3)CCOCC1)c1ccc(-n2cncn2)cc1. The molecule has 1 fully saturated rings. The molecule has 0 unspecified atom stereocenters. The largest absolute Gasteiger partial charge is 0.454 e. The third-order valence-electron chi connectivity index (χ3n) is 5.83. The first-order valence-corrected chi connectivity index (χ1v) is 9.95. The Bertz CT molecular complexity index is 1030. The smallest absolute Gasteiger partial charge is 0.251 e. The van der Waals surface area contributed by atoms with Crippen LogP contribution in [-0.2, 0) is 10.2 Å². The van der Waals surface area contributed by atoms with E-state index in [1.165, 1.54) is 6.33 Å². The highest BCUT2D eigenvalue weighted by Crippen LogP contribution is 2.40. The lowest BCUT2D eigenvalue weighted by Gasteiger charge is -2.38. The number of aromatic nitrogens is 3. The minimum Gasteiger partial charge on any atom is -0.454 e. The summed E-state index contributed by atoms with van der Waals surface area (Å²) < 4.78 is 18.2. The molecule has 3 aromatic rings. The van der Waals surface area contributed by atoms with Crippen LogP contribution in [0.25, 0.3) is 5.69 Å². The van der Waals surface area contributed by atoms with Crippen LogP contribution in [0.5, 0.6) is 11.5 Å². The van der Waals surface area contributed by atoms with Crippen molar-refractivity contribution in [1.82, 2.24) is 20.1 Å². The van der Waals surface area contributed by atoms with Gasteiger partial charge in [-0.15, -0.1) is 0 Å². The second kappa shape index (κ2) is 7.79. The molecule has 1 N–H and O–H groups in total. The average molecular weight is 406 g/mol. The highest BCUT2D eigenvalue weighted by Gasteiger charge is 2.36. The zero-order chi connectivity index (χ0) is 20.4. The molecule has 1 aromatic heterocycles. The van der Waals surface area contributed by atoms with Crippen LogP contribution in [0.3, 0.4) is 0 Å². The summed E-state index contributed by atoms with van der Waals surface area (Å²) in [4.78, 5) is 16.8. The van der Waals surface area contributed by atoms with Gasteiger partial charge in [0.15, 0.2) is 11.5 Å². The van der Waals surface area contributed by atoms with Crippen molar-refractivity contribution < 1.29 is 19.0 Å². The van der Waals surface area contributed by atoms with Crippen LogP contribution < -0.4 is 14.8 Å². The molecule has 154 valence electrons. The third kappa shape index (κ3) is 3.50. The number of hydrogen-bond acceptors (Lipinski definition) is 6. The second-order valence-corrected chi connectivity index (χ2v) is 7.53. The Labute approximate surface area is 173 Å². The summed E-state index contributed by atoms with van der Waals surface area (Å²) in [6, 6.07) is 13.3. The third-order valence-corrected chi connectivity index (χ3v) is 5.83. The van der Waals surface area contributed by atoms with Gasteiger partial charge in [0.1, 0.15) is 12.7 Å². The molecule has 0 aliphatic carbocycles. The van der Waals surface area contributed by atoms with Gasteiger partial charge >= 0.3 is 0 Å². The van der Waals surface area contributed by atoms with Gasteiger partial charge < -0.3 is 19.5 Å². The Morgan fingerprint density at radius 1 is 1.07 bits per heavy atom. The molecule has 2 aliphatic rings. The number of ether oxygens (including phenoxy) is 3. The molecule has 1 amide bonds. The van der Waals surface area contributed by atoms with E-state index in [-0.39, 0.29) is 18.1 Å². The first-order valence-electron chi connectivity index (χ1n) is 9.95. The van der Waals surface area contributed by atoms with Gasteiger partial charge in [0.05, 0.1) is 5.69 Å². The quantitative estimate of drug-likeness (QED) is 0.700. The van der Waals surface area contributed by atoms with E-state index < -0.39 is 0 Å². The highest BCUT2D eigenvalue weighted by atomic mass is 16.7. The molecule has 5 rings (SSSR count). The fraction of sp³-hybridized carbons (Fsp3) is 0.318. The van der Waals surface area contributed by atoms with Gasteiger partial charge in [0.2, 0.25) is 6.79 Å². The summed E-state index contributed by atoms with van der Waals surface area (Å²) in [7, 11) is 0. The first-order chi connectivity index (χ1) is 14.7. The Hall–Kier alpha value is -3.39. The summed E-state index contributed by atoms with van der Waals surface area (Å²) in [5.74, 6) is 1.41. The standard InChI is InChI=1S/C22H22N4O4/c27-21(16-1-4-18(5-2-16)26-14-23-13-25-26)24-12-22(7-9-28-10-8-22)17-3-6-19-20(11-17)30-15-29-19/h1-6,11,13-14H,7-10,12,15H2,(H,24,27). The number of carbonyl (C=O) groups is 1. The summed E-state index contributed by atoms with van der Waals surface area (Å²) in [6.07, 6.45) is 4.76. The lowest BCUT2D eigenvalue weighted by molar-refractivity contribution is 0.0486. The number of nitrogens with one attached hydrogen (secondary N) is 1. The topological polar surface area (TPSA) is 87.5 Å². The number of benzene rings is 2. The molecular weight excluding hydrogens is 384 g/mol. The monoisotopic (exact) mass is 406 g/mol. The maximum absolute atomic E-state index is 12.8. The predicted octanol–water partition coefficient (Wildman–Crippen LogP) is 2.47. The zero-order valence-electron chi connectivity index (χ0n) is 16.4. The Morgan fingerprint density at radius 3 is 2.63 bits per heavy atom. The van der Waals surface area contributed by atoms with Crippen molar-refractivity contribution in [3.63, 3.8) is 0 Å². The maximum Gasteiger partial charge on any atom is 0.251 e. The molecule has 30 heavy (non-hydrogen) atoms. The molecule has 2 aromatic carbocycles. The fourth-order valence-corrected chi connectivity index (χ4v) is 4.01. The van der Waals surface area contributed by atoms with Gasteiger partial charge in [0, 0.05) is 30.7 Å². The molecule has 8 heteroatoms. The molecule has 0 bridgehead atoms. The van der Waals surface area contributed by atoms with Gasteiger partial charge in [-0.1, -0.05) is 6.07 Å². The lowest BCUT2D eigenvalue weighted by Crippen LogP contribution is -2.44. The van der Waals surface area contributed by atoms with Gasteiger partial charge in [-0.25, -0.2) is 9.67 Å². The lowest BCUT2D eigenvalue weighted by atomic mass is 9.74. The fourth-order valence-electron chi connectivity index (χ4n) is 4.01. The van der Waals surface area contributed by atoms with Crippen molar-refractivity contribution in [1.29, 1.82) is 0 Å². The van der Waals surface area contributed by atoms with E-state index in [0.717, 1.165) is 35.6 Å². The maximum atomic E-state index is 12.8. The van der Waals surface area contributed by atoms with Crippen molar-refractivity contribution in [3.05, 3.63) is 66.2 Å². The molecule has 0 saturated carbocycles. The molecular formula is C22H22N4O4. The molecule has 0 radical (unpaired) electrons. The number of hydrogen-bond donors (Lipinski definition) is 1. The number of rotatable bonds is 5. The van der Waals surface area contributed by atoms with Gasteiger partial charge in [-0.05, 0) is 54.8 Å². The molecule has 1 saturated heterocycles.